The lowest BCUT2D eigenvalue weighted by molar-refractivity contribution is 1.08. The van der Waals surface area contributed by atoms with Crippen LogP contribution in [0.4, 0.5) is 0 Å². The van der Waals surface area contributed by atoms with Gasteiger partial charge in [-0.1, -0.05) is 39.1 Å². The zero-order chi connectivity index (χ0) is 11.9. The normalized spacial score (nSPS) is 12.5. The van der Waals surface area contributed by atoms with E-state index in [2.05, 4.69) is 56.9 Å². The van der Waals surface area contributed by atoms with Crippen molar-refractivity contribution in [3.8, 4) is 0 Å². The van der Waals surface area contributed by atoms with Crippen LogP contribution in [0, 0.1) is 0 Å². The molecule has 0 unspecified atom stereocenters. The highest BCUT2D eigenvalue weighted by Gasteiger charge is 2.35. The van der Waals surface area contributed by atoms with Crippen molar-refractivity contribution in [3.63, 3.8) is 0 Å². The van der Waals surface area contributed by atoms with Gasteiger partial charge in [-0.05, 0) is 24.2 Å². The van der Waals surface area contributed by atoms with Gasteiger partial charge in [-0.15, -0.1) is 13.2 Å². The summed E-state index contributed by atoms with van der Waals surface area (Å²) in [6.45, 7) is 17.3. The van der Waals surface area contributed by atoms with Gasteiger partial charge in [0.1, 0.15) is 8.24 Å². The molecule has 0 aliphatic heterocycles. The molecule has 0 aromatic carbocycles. The SMILES string of the molecule is C=C[Si](C=C)(CC)N[Si](CC)(CC)CC. The van der Waals surface area contributed by atoms with Crippen LogP contribution in [-0.4, -0.2) is 16.5 Å². The van der Waals surface area contributed by atoms with Crippen LogP contribution in [0.2, 0.25) is 24.2 Å². The van der Waals surface area contributed by atoms with E-state index in [9.17, 15) is 0 Å². The Morgan fingerprint density at radius 3 is 1.47 bits per heavy atom. The van der Waals surface area contributed by atoms with Gasteiger partial charge in [0.2, 0.25) is 0 Å². The Kier molecular flexibility index (Phi) is 6.40. The summed E-state index contributed by atoms with van der Waals surface area (Å²) in [5, 5.41) is 0. The predicted molar refractivity (Wildman–Crippen MR) is 77.0 cm³/mol. The minimum absolute atomic E-state index is 1.18. The van der Waals surface area contributed by atoms with Crippen molar-refractivity contribution in [2.75, 3.05) is 0 Å². The summed E-state index contributed by atoms with van der Waals surface area (Å²) in [7, 11) is -2.82. The molecule has 1 N–H and O–H groups in total. The molecule has 0 aromatic heterocycles. The quantitative estimate of drug-likeness (QED) is 0.634. The molecule has 15 heavy (non-hydrogen) atoms. The molecule has 0 spiro atoms. The molecule has 3 heteroatoms. The van der Waals surface area contributed by atoms with Gasteiger partial charge in [-0.2, -0.15) is 0 Å². The van der Waals surface area contributed by atoms with E-state index >= 15 is 0 Å². The highest BCUT2D eigenvalue weighted by Crippen LogP contribution is 2.21. The van der Waals surface area contributed by atoms with E-state index in [-0.39, 0.29) is 0 Å². The fourth-order valence-electron chi connectivity index (χ4n) is 2.07. The van der Waals surface area contributed by atoms with Crippen LogP contribution in [0.15, 0.2) is 24.6 Å². The molecule has 0 saturated carbocycles. The average Bonchev–Trinajstić information content (AvgIpc) is 2.33. The Hall–Kier alpha value is -0.126. The van der Waals surface area contributed by atoms with Gasteiger partial charge in [-0.3, -0.25) is 0 Å². The molecule has 0 aliphatic rings. The number of hydrogen-bond acceptors (Lipinski definition) is 1. The molecular weight excluding hydrogens is 214 g/mol. The van der Waals surface area contributed by atoms with Gasteiger partial charge in [0.05, 0.1) is 0 Å². The van der Waals surface area contributed by atoms with Crippen LogP contribution in [-0.2, 0) is 0 Å². The maximum absolute atomic E-state index is 4.02. The Bertz CT molecular complexity index is 193. The summed E-state index contributed by atoms with van der Waals surface area (Å²) in [4.78, 5) is 0. The molecular formula is C12H27NSi2. The van der Waals surface area contributed by atoms with E-state index in [1.165, 1.54) is 24.2 Å². The van der Waals surface area contributed by atoms with E-state index in [1.54, 1.807) is 0 Å². The van der Waals surface area contributed by atoms with Crippen molar-refractivity contribution < 1.29 is 0 Å². The summed E-state index contributed by atoms with van der Waals surface area (Å²) < 4.78 is 4.02. The van der Waals surface area contributed by atoms with Crippen LogP contribution in [0.3, 0.4) is 0 Å². The van der Waals surface area contributed by atoms with Crippen molar-refractivity contribution in [2.45, 2.75) is 51.9 Å². The molecule has 0 heterocycles. The molecule has 0 fully saturated rings. The van der Waals surface area contributed by atoms with E-state index in [4.69, 9.17) is 0 Å². The second-order valence-corrected chi connectivity index (χ2v) is 13.6. The van der Waals surface area contributed by atoms with Crippen molar-refractivity contribution in [2.24, 2.45) is 0 Å². The smallest absolute Gasteiger partial charge is 0.167 e. The zero-order valence-electron chi connectivity index (χ0n) is 10.9. The number of rotatable bonds is 8. The van der Waals surface area contributed by atoms with E-state index in [0.717, 1.165) is 0 Å². The molecule has 0 bridgehead atoms. The molecule has 1 nitrogen and oxygen atoms in total. The summed E-state index contributed by atoms with van der Waals surface area (Å²) in [6.07, 6.45) is 0. The fraction of sp³-hybridized carbons (Fsp3) is 0.667. The first-order valence-electron chi connectivity index (χ1n) is 6.14. The zero-order valence-corrected chi connectivity index (χ0v) is 12.9. The largest absolute Gasteiger partial charge is 0.353 e. The molecule has 0 saturated heterocycles. The van der Waals surface area contributed by atoms with Crippen LogP contribution in [0.5, 0.6) is 0 Å². The second-order valence-electron chi connectivity index (χ2n) is 4.27. The summed E-state index contributed by atoms with van der Waals surface area (Å²) in [5.74, 6) is 0. The minimum atomic E-state index is -1.58. The first kappa shape index (κ1) is 14.9. The van der Waals surface area contributed by atoms with E-state index < -0.39 is 16.5 Å². The first-order chi connectivity index (χ1) is 7.07. The highest BCUT2D eigenvalue weighted by atomic mass is 28.4. The van der Waals surface area contributed by atoms with Crippen LogP contribution in [0.1, 0.15) is 27.7 Å². The molecule has 88 valence electrons. The Labute approximate surface area is 97.8 Å². The van der Waals surface area contributed by atoms with E-state index in [0.29, 0.717) is 0 Å². The predicted octanol–water partition coefficient (Wildman–Crippen LogP) is 4.00. The third-order valence-electron chi connectivity index (χ3n) is 3.84. The highest BCUT2D eigenvalue weighted by molar-refractivity contribution is 6.98. The van der Waals surface area contributed by atoms with Gasteiger partial charge < -0.3 is 4.65 Å². The Balaban J connectivity index is 4.90. The third kappa shape index (κ3) is 3.43. The van der Waals surface area contributed by atoms with E-state index in [1.807, 2.05) is 0 Å². The maximum atomic E-state index is 4.02. The van der Waals surface area contributed by atoms with Crippen molar-refractivity contribution in [3.05, 3.63) is 24.6 Å². The lowest BCUT2D eigenvalue weighted by Crippen LogP contribution is -2.62. The molecule has 0 aliphatic carbocycles. The molecule has 0 amide bonds. The van der Waals surface area contributed by atoms with Crippen molar-refractivity contribution in [1.82, 2.24) is 4.65 Å². The van der Waals surface area contributed by atoms with Gasteiger partial charge in [-0.25, -0.2) is 0 Å². The second kappa shape index (κ2) is 6.45. The summed E-state index contributed by atoms with van der Waals surface area (Å²) in [6, 6.07) is 5.12. The molecule has 0 rings (SSSR count). The van der Waals surface area contributed by atoms with Crippen LogP contribution in [0.25, 0.3) is 0 Å². The Morgan fingerprint density at radius 1 is 0.867 bits per heavy atom. The lowest BCUT2D eigenvalue weighted by Gasteiger charge is -2.38. The maximum Gasteiger partial charge on any atom is 0.167 e. The molecule has 0 radical (unpaired) electrons. The van der Waals surface area contributed by atoms with Gasteiger partial charge in [0.25, 0.3) is 0 Å². The topological polar surface area (TPSA) is 12.0 Å². The first-order valence-corrected chi connectivity index (χ1v) is 11.1. The average molecular weight is 242 g/mol. The monoisotopic (exact) mass is 241 g/mol. The molecule has 0 atom stereocenters. The van der Waals surface area contributed by atoms with Crippen LogP contribution >= 0.6 is 0 Å². The minimum Gasteiger partial charge on any atom is -0.353 e. The van der Waals surface area contributed by atoms with Gasteiger partial charge >= 0.3 is 0 Å². The third-order valence-corrected chi connectivity index (χ3v) is 14.5. The van der Waals surface area contributed by atoms with Crippen LogP contribution < -0.4 is 4.65 Å². The van der Waals surface area contributed by atoms with Gasteiger partial charge in [0.15, 0.2) is 8.24 Å². The lowest BCUT2D eigenvalue weighted by atomic mass is 10.9. The van der Waals surface area contributed by atoms with Gasteiger partial charge in [0, 0.05) is 0 Å². The Morgan fingerprint density at radius 2 is 1.27 bits per heavy atom. The number of hydrogen-bond donors (Lipinski definition) is 1. The molecule has 0 aromatic rings. The number of nitrogens with one attached hydrogen (secondary N) is 1. The summed E-state index contributed by atoms with van der Waals surface area (Å²) in [5.41, 5.74) is 4.31. The van der Waals surface area contributed by atoms with Crippen molar-refractivity contribution in [1.29, 1.82) is 0 Å². The standard InChI is InChI=1S/C12H27NSi2/c1-7-14(8-2,9-3)13-15(10-4,11-5)12-6/h7-8,13H,1-2,9-12H2,3-6H3. The van der Waals surface area contributed by atoms with Crippen molar-refractivity contribution >= 4 is 16.5 Å². The fourth-order valence-corrected chi connectivity index (χ4v) is 11.9. The summed E-state index contributed by atoms with van der Waals surface area (Å²) >= 11 is 0.